The molecular formula is C20H15F3N4O3. The molecule has 4 aromatic rings. The predicted octanol–water partition coefficient (Wildman–Crippen LogP) is 4.01. The minimum atomic E-state index is -4.63. The lowest BCUT2D eigenvalue weighted by molar-refractivity contribution is -0.137. The number of rotatable bonds is 5. The standard InChI is InChI=1S/C20H15F3N4O3/c1-29-16-8-12(20(21,22)23)7-15-17(16)18(24-9-13-10-30-11-25-13)26-19(28)27(15)14-5-3-2-4-6-14/h2-8,10-11H,9H2,1H3,(H,24,26,28). The second-order valence-corrected chi connectivity index (χ2v) is 6.32. The molecule has 0 aliphatic rings. The third-order valence-electron chi connectivity index (χ3n) is 4.44. The number of para-hydroxylation sites is 1. The number of fused-ring (bicyclic) bond motifs is 1. The van der Waals surface area contributed by atoms with E-state index in [0.29, 0.717) is 11.4 Å². The monoisotopic (exact) mass is 416 g/mol. The molecule has 0 spiro atoms. The van der Waals surface area contributed by atoms with Gasteiger partial charge in [-0.1, -0.05) is 18.2 Å². The van der Waals surface area contributed by atoms with E-state index >= 15 is 0 Å². The molecule has 10 heteroatoms. The Morgan fingerprint density at radius 2 is 1.97 bits per heavy atom. The van der Waals surface area contributed by atoms with Gasteiger partial charge in [-0.3, -0.25) is 4.57 Å². The maximum atomic E-state index is 13.5. The third kappa shape index (κ3) is 3.59. The van der Waals surface area contributed by atoms with Crippen LogP contribution in [0.3, 0.4) is 0 Å². The number of nitrogens with zero attached hydrogens (tertiary/aromatic N) is 3. The molecule has 0 aliphatic carbocycles. The average Bonchev–Trinajstić information content (AvgIpc) is 3.24. The zero-order valence-electron chi connectivity index (χ0n) is 15.6. The number of nitrogens with one attached hydrogen (secondary N) is 1. The van der Waals surface area contributed by atoms with Crippen molar-refractivity contribution in [2.45, 2.75) is 12.7 Å². The number of hydrogen-bond donors (Lipinski definition) is 1. The summed E-state index contributed by atoms with van der Waals surface area (Å²) < 4.78 is 51.8. The van der Waals surface area contributed by atoms with Crippen LogP contribution < -0.4 is 15.7 Å². The van der Waals surface area contributed by atoms with Crippen molar-refractivity contribution in [1.29, 1.82) is 0 Å². The summed E-state index contributed by atoms with van der Waals surface area (Å²) in [5.74, 6) is 0.00964. The van der Waals surface area contributed by atoms with Crippen LogP contribution in [0.25, 0.3) is 16.6 Å². The van der Waals surface area contributed by atoms with Gasteiger partial charge in [0, 0.05) is 0 Å². The number of benzene rings is 2. The van der Waals surface area contributed by atoms with Gasteiger partial charge in [0.1, 0.15) is 17.8 Å². The quantitative estimate of drug-likeness (QED) is 0.529. The molecule has 2 aromatic carbocycles. The zero-order valence-corrected chi connectivity index (χ0v) is 15.6. The molecule has 0 fully saturated rings. The lowest BCUT2D eigenvalue weighted by atomic mass is 10.1. The van der Waals surface area contributed by atoms with Crippen molar-refractivity contribution in [3.8, 4) is 11.4 Å². The fourth-order valence-corrected chi connectivity index (χ4v) is 3.10. The largest absolute Gasteiger partial charge is 0.496 e. The number of alkyl halides is 3. The van der Waals surface area contributed by atoms with E-state index < -0.39 is 17.4 Å². The molecule has 0 atom stereocenters. The van der Waals surface area contributed by atoms with Gasteiger partial charge >= 0.3 is 11.9 Å². The van der Waals surface area contributed by atoms with Crippen molar-refractivity contribution >= 4 is 16.7 Å². The van der Waals surface area contributed by atoms with Crippen molar-refractivity contribution in [2.75, 3.05) is 12.4 Å². The average molecular weight is 416 g/mol. The molecule has 2 aromatic heterocycles. The van der Waals surface area contributed by atoms with E-state index in [4.69, 9.17) is 9.15 Å². The number of hydrogen-bond acceptors (Lipinski definition) is 6. The van der Waals surface area contributed by atoms with Gasteiger partial charge in [-0.15, -0.1) is 0 Å². The summed E-state index contributed by atoms with van der Waals surface area (Å²) in [6, 6.07) is 10.1. The Bertz CT molecular complexity index is 1240. The summed E-state index contributed by atoms with van der Waals surface area (Å²) in [4.78, 5) is 20.9. The van der Waals surface area contributed by atoms with Gasteiger partial charge in [-0.2, -0.15) is 18.2 Å². The highest BCUT2D eigenvalue weighted by Crippen LogP contribution is 2.38. The molecule has 0 unspecified atom stereocenters. The van der Waals surface area contributed by atoms with E-state index in [-0.39, 0.29) is 29.0 Å². The first-order valence-electron chi connectivity index (χ1n) is 8.77. The highest BCUT2D eigenvalue weighted by atomic mass is 19.4. The molecule has 7 nitrogen and oxygen atoms in total. The van der Waals surface area contributed by atoms with E-state index in [1.54, 1.807) is 30.3 Å². The van der Waals surface area contributed by atoms with Gasteiger partial charge in [0.2, 0.25) is 0 Å². The van der Waals surface area contributed by atoms with Crippen molar-refractivity contribution in [1.82, 2.24) is 14.5 Å². The molecule has 154 valence electrons. The van der Waals surface area contributed by atoms with Gasteiger partial charge in [-0.05, 0) is 24.3 Å². The molecule has 0 amide bonds. The Balaban J connectivity index is 2.01. The third-order valence-corrected chi connectivity index (χ3v) is 4.44. The molecule has 1 N–H and O–H groups in total. The number of ether oxygens (including phenoxy) is 1. The van der Waals surface area contributed by atoms with Crippen molar-refractivity contribution in [3.63, 3.8) is 0 Å². The molecule has 0 radical (unpaired) electrons. The maximum Gasteiger partial charge on any atom is 0.416 e. The molecule has 0 aliphatic heterocycles. The number of halogens is 3. The Kier molecular flexibility index (Phi) is 4.90. The van der Waals surface area contributed by atoms with Gasteiger partial charge in [-0.25, -0.2) is 9.78 Å². The van der Waals surface area contributed by atoms with Crippen LogP contribution in [0.2, 0.25) is 0 Å². The maximum absolute atomic E-state index is 13.5. The van der Waals surface area contributed by atoms with E-state index in [0.717, 1.165) is 16.7 Å². The Morgan fingerprint density at radius 3 is 2.60 bits per heavy atom. The minimum absolute atomic E-state index is 0.00975. The smallest absolute Gasteiger partial charge is 0.416 e. The fraction of sp³-hybridized carbons (Fsp3) is 0.150. The van der Waals surface area contributed by atoms with Crippen LogP contribution in [-0.2, 0) is 12.7 Å². The second-order valence-electron chi connectivity index (χ2n) is 6.32. The van der Waals surface area contributed by atoms with Crippen LogP contribution >= 0.6 is 0 Å². The van der Waals surface area contributed by atoms with Crippen LogP contribution in [0.15, 0.2) is 64.3 Å². The van der Waals surface area contributed by atoms with Gasteiger partial charge in [0.25, 0.3) is 0 Å². The molecule has 0 bridgehead atoms. The minimum Gasteiger partial charge on any atom is -0.496 e. The molecule has 30 heavy (non-hydrogen) atoms. The zero-order chi connectivity index (χ0) is 21.3. The van der Waals surface area contributed by atoms with Crippen LogP contribution in [-0.4, -0.2) is 21.6 Å². The highest BCUT2D eigenvalue weighted by Gasteiger charge is 2.33. The van der Waals surface area contributed by atoms with Crippen LogP contribution in [0, 0.1) is 0 Å². The summed E-state index contributed by atoms with van der Waals surface area (Å²) in [6.45, 7) is 0.150. The predicted molar refractivity (Wildman–Crippen MR) is 103 cm³/mol. The van der Waals surface area contributed by atoms with Gasteiger partial charge in [0.15, 0.2) is 6.39 Å². The topological polar surface area (TPSA) is 82.2 Å². The summed E-state index contributed by atoms with van der Waals surface area (Å²) in [7, 11) is 1.26. The lowest BCUT2D eigenvalue weighted by Gasteiger charge is -2.18. The Morgan fingerprint density at radius 1 is 1.20 bits per heavy atom. The van der Waals surface area contributed by atoms with Crippen molar-refractivity contribution in [3.05, 3.63) is 76.9 Å². The summed E-state index contributed by atoms with van der Waals surface area (Å²) >= 11 is 0. The van der Waals surface area contributed by atoms with Crippen molar-refractivity contribution < 1.29 is 22.3 Å². The number of aromatic nitrogens is 3. The molecule has 4 rings (SSSR count). The Labute approximate surface area is 167 Å². The van der Waals surface area contributed by atoms with E-state index in [2.05, 4.69) is 15.3 Å². The SMILES string of the molecule is COc1cc(C(F)(F)F)cc2c1c(NCc1cocn1)nc(=O)n2-c1ccccc1. The lowest BCUT2D eigenvalue weighted by Crippen LogP contribution is -2.24. The molecule has 0 saturated heterocycles. The first-order chi connectivity index (χ1) is 14.4. The summed E-state index contributed by atoms with van der Waals surface area (Å²) in [6.07, 6.45) is -1.98. The van der Waals surface area contributed by atoms with E-state index in [9.17, 15) is 18.0 Å². The summed E-state index contributed by atoms with van der Waals surface area (Å²) in [5, 5.41) is 3.17. The normalized spacial score (nSPS) is 11.6. The first kappa shape index (κ1) is 19.5. The van der Waals surface area contributed by atoms with Crippen LogP contribution in [0.4, 0.5) is 19.0 Å². The highest BCUT2D eigenvalue weighted by molar-refractivity contribution is 5.96. The van der Waals surface area contributed by atoms with Gasteiger partial charge < -0.3 is 14.5 Å². The summed E-state index contributed by atoms with van der Waals surface area (Å²) in [5.41, 5.74) is -0.759. The van der Waals surface area contributed by atoms with E-state index in [1.165, 1.54) is 19.8 Å². The fourth-order valence-electron chi connectivity index (χ4n) is 3.10. The molecule has 0 saturated carbocycles. The van der Waals surface area contributed by atoms with Gasteiger partial charge in [0.05, 0.1) is 41.5 Å². The molecule has 2 heterocycles. The number of methoxy groups -OCH3 is 1. The van der Waals surface area contributed by atoms with Crippen LogP contribution in [0.1, 0.15) is 11.3 Å². The molecular weight excluding hydrogens is 401 g/mol. The first-order valence-corrected chi connectivity index (χ1v) is 8.77. The van der Waals surface area contributed by atoms with Crippen molar-refractivity contribution in [2.24, 2.45) is 0 Å². The number of oxazole rings is 1. The second kappa shape index (κ2) is 7.54. The van der Waals surface area contributed by atoms with Crippen LogP contribution in [0.5, 0.6) is 5.75 Å². The number of anilines is 1. The Hall–Kier alpha value is -3.82. The van der Waals surface area contributed by atoms with E-state index in [1.807, 2.05) is 0 Å².